The van der Waals surface area contributed by atoms with Gasteiger partial charge in [-0.05, 0) is 38.3 Å². The molecule has 158 valence electrons. The number of aromatic nitrogens is 1. The highest BCUT2D eigenvalue weighted by atomic mass is 16.5. The second-order valence-corrected chi connectivity index (χ2v) is 8.13. The average molecular weight is 411 g/mol. The predicted octanol–water partition coefficient (Wildman–Crippen LogP) is 2.30. The van der Waals surface area contributed by atoms with Crippen molar-refractivity contribution in [3.8, 4) is 0 Å². The zero-order valence-electron chi connectivity index (χ0n) is 17.3. The zero-order valence-corrected chi connectivity index (χ0v) is 17.3. The largest absolute Gasteiger partial charge is 0.359 e. The molecule has 2 aliphatic rings. The van der Waals surface area contributed by atoms with Crippen LogP contribution in [0.1, 0.15) is 42.2 Å². The molecule has 1 unspecified atom stereocenters. The van der Waals surface area contributed by atoms with Gasteiger partial charge in [0.25, 0.3) is 5.91 Å². The molecule has 9 nitrogen and oxygen atoms in total. The van der Waals surface area contributed by atoms with Crippen molar-refractivity contribution in [2.45, 2.75) is 52.1 Å². The molecule has 9 heteroatoms. The predicted molar refractivity (Wildman–Crippen MR) is 109 cm³/mol. The topological polar surface area (TPSA) is 117 Å². The number of nitrogens with one attached hydrogen (secondary N) is 3. The van der Waals surface area contributed by atoms with Gasteiger partial charge in [0.2, 0.25) is 5.91 Å². The van der Waals surface area contributed by atoms with Gasteiger partial charge in [-0.25, -0.2) is 4.79 Å². The highest BCUT2D eigenvalue weighted by Gasteiger charge is 2.42. The maximum absolute atomic E-state index is 12.8. The molecule has 0 aliphatic carbocycles. The highest BCUT2D eigenvalue weighted by Crippen LogP contribution is 2.31. The Bertz CT molecular complexity index is 1010. The second-order valence-electron chi connectivity index (χ2n) is 8.13. The molecule has 1 atom stereocenters. The van der Waals surface area contributed by atoms with E-state index >= 15 is 0 Å². The number of carbonyl (C=O) groups is 3. The molecule has 1 saturated heterocycles. The lowest BCUT2D eigenvalue weighted by atomic mass is 9.95. The SMILES string of the molecule is Cc1cccc(C)c1Nc1noc2c1CN(C(=O)CCC1(C)NC(=O)NC1=O)CC2. The van der Waals surface area contributed by atoms with Gasteiger partial charge in [-0.2, -0.15) is 0 Å². The van der Waals surface area contributed by atoms with E-state index in [9.17, 15) is 14.4 Å². The number of fused-ring (bicyclic) bond motifs is 1. The summed E-state index contributed by atoms with van der Waals surface area (Å²) in [5.41, 5.74) is 2.99. The smallest absolute Gasteiger partial charge is 0.322 e. The Kier molecular flexibility index (Phi) is 4.97. The van der Waals surface area contributed by atoms with Crippen molar-refractivity contribution in [2.24, 2.45) is 0 Å². The van der Waals surface area contributed by atoms with Crippen molar-refractivity contribution < 1.29 is 18.9 Å². The van der Waals surface area contributed by atoms with Gasteiger partial charge < -0.3 is 20.1 Å². The molecule has 2 aromatic rings. The summed E-state index contributed by atoms with van der Waals surface area (Å²) in [4.78, 5) is 37.9. The summed E-state index contributed by atoms with van der Waals surface area (Å²) < 4.78 is 5.50. The number of carbonyl (C=O) groups excluding carboxylic acids is 3. The fourth-order valence-electron chi connectivity index (χ4n) is 3.92. The van der Waals surface area contributed by atoms with Crippen molar-refractivity contribution in [1.29, 1.82) is 0 Å². The monoisotopic (exact) mass is 411 g/mol. The maximum atomic E-state index is 12.8. The average Bonchev–Trinajstić information content (AvgIpc) is 3.22. The fraction of sp³-hybridized carbons (Fsp3) is 0.429. The van der Waals surface area contributed by atoms with Gasteiger partial charge in [-0.15, -0.1) is 0 Å². The Morgan fingerprint density at radius 1 is 1.30 bits per heavy atom. The van der Waals surface area contributed by atoms with E-state index < -0.39 is 17.5 Å². The van der Waals surface area contributed by atoms with Crippen LogP contribution in [0.5, 0.6) is 0 Å². The van der Waals surface area contributed by atoms with E-state index in [0.29, 0.717) is 25.3 Å². The Hall–Kier alpha value is -3.36. The lowest BCUT2D eigenvalue weighted by Crippen LogP contribution is -2.45. The lowest BCUT2D eigenvalue weighted by Gasteiger charge is -2.28. The first-order valence-electron chi connectivity index (χ1n) is 9.99. The van der Waals surface area contributed by atoms with E-state index in [-0.39, 0.29) is 18.7 Å². The van der Waals surface area contributed by atoms with Gasteiger partial charge in [0.15, 0.2) is 5.82 Å². The molecule has 0 bridgehead atoms. The van der Waals surface area contributed by atoms with Gasteiger partial charge in [0, 0.05) is 25.1 Å². The third-order valence-electron chi connectivity index (χ3n) is 5.86. The zero-order chi connectivity index (χ0) is 21.5. The van der Waals surface area contributed by atoms with Crippen LogP contribution >= 0.6 is 0 Å². The van der Waals surface area contributed by atoms with Crippen LogP contribution in [-0.4, -0.2) is 40.0 Å². The van der Waals surface area contributed by atoms with Crippen LogP contribution < -0.4 is 16.0 Å². The number of hydrogen-bond acceptors (Lipinski definition) is 6. The van der Waals surface area contributed by atoms with Crippen LogP contribution in [0.4, 0.5) is 16.3 Å². The number of imide groups is 1. The molecule has 1 aromatic heterocycles. The van der Waals surface area contributed by atoms with Gasteiger partial charge in [0.05, 0.1) is 12.1 Å². The van der Waals surface area contributed by atoms with Crippen LogP contribution in [0.25, 0.3) is 0 Å². The number of anilines is 2. The van der Waals surface area contributed by atoms with E-state index in [1.165, 1.54) is 0 Å². The molecule has 0 spiro atoms. The summed E-state index contributed by atoms with van der Waals surface area (Å²) in [6.07, 6.45) is 0.978. The third kappa shape index (κ3) is 3.62. The number of hydrogen-bond donors (Lipinski definition) is 3. The van der Waals surface area contributed by atoms with E-state index in [2.05, 4.69) is 21.1 Å². The lowest BCUT2D eigenvalue weighted by molar-refractivity contribution is -0.133. The van der Waals surface area contributed by atoms with Crippen LogP contribution in [0.15, 0.2) is 22.7 Å². The minimum atomic E-state index is -1.06. The number of amides is 4. The first-order valence-corrected chi connectivity index (χ1v) is 9.99. The quantitative estimate of drug-likeness (QED) is 0.650. The van der Waals surface area contributed by atoms with Gasteiger partial charge in [-0.1, -0.05) is 23.4 Å². The number of urea groups is 1. The van der Waals surface area contributed by atoms with Crippen molar-refractivity contribution in [1.82, 2.24) is 20.7 Å². The number of para-hydroxylation sites is 1. The molecule has 30 heavy (non-hydrogen) atoms. The highest BCUT2D eigenvalue weighted by molar-refractivity contribution is 6.06. The van der Waals surface area contributed by atoms with Crippen LogP contribution in [0, 0.1) is 13.8 Å². The third-order valence-corrected chi connectivity index (χ3v) is 5.86. The molecule has 3 N–H and O–H groups in total. The minimum absolute atomic E-state index is 0.0740. The number of aryl methyl sites for hydroxylation is 2. The van der Waals surface area contributed by atoms with E-state index in [0.717, 1.165) is 28.1 Å². The molecule has 4 rings (SSSR count). The number of benzene rings is 1. The Labute approximate surface area is 174 Å². The Balaban J connectivity index is 1.44. The molecule has 0 radical (unpaired) electrons. The van der Waals surface area contributed by atoms with Crippen molar-refractivity contribution in [3.63, 3.8) is 0 Å². The standard InChI is InChI=1S/C21H25N5O4/c1-12-5-4-6-13(2)17(12)22-18-14-11-26(10-8-15(14)30-25-18)16(27)7-9-21(3)19(28)23-20(29)24-21/h4-6H,7-11H2,1-3H3,(H,22,25)(H2,23,24,28,29). The number of rotatable bonds is 5. The molecular weight excluding hydrogens is 386 g/mol. The summed E-state index contributed by atoms with van der Waals surface area (Å²) in [6, 6.07) is 5.53. The van der Waals surface area contributed by atoms with Crippen LogP contribution in [-0.2, 0) is 22.6 Å². The maximum Gasteiger partial charge on any atom is 0.322 e. The van der Waals surface area contributed by atoms with Crippen molar-refractivity contribution in [2.75, 3.05) is 11.9 Å². The normalized spacial score (nSPS) is 20.6. The molecule has 2 aliphatic heterocycles. The molecular formula is C21H25N5O4. The van der Waals surface area contributed by atoms with Crippen LogP contribution in [0.2, 0.25) is 0 Å². The molecule has 4 amide bonds. The fourth-order valence-corrected chi connectivity index (χ4v) is 3.92. The summed E-state index contributed by atoms with van der Waals surface area (Å²) in [6.45, 7) is 6.59. The van der Waals surface area contributed by atoms with Gasteiger partial charge in [-0.3, -0.25) is 14.9 Å². The second kappa shape index (κ2) is 7.47. The Morgan fingerprint density at radius 3 is 2.70 bits per heavy atom. The Morgan fingerprint density at radius 2 is 2.03 bits per heavy atom. The van der Waals surface area contributed by atoms with Crippen molar-refractivity contribution >= 4 is 29.4 Å². The van der Waals surface area contributed by atoms with E-state index in [4.69, 9.17) is 4.52 Å². The van der Waals surface area contributed by atoms with Crippen molar-refractivity contribution in [3.05, 3.63) is 40.6 Å². The molecule has 1 aromatic carbocycles. The van der Waals surface area contributed by atoms with Crippen LogP contribution in [0.3, 0.4) is 0 Å². The summed E-state index contributed by atoms with van der Waals surface area (Å²) in [5, 5.41) is 12.3. The van der Waals surface area contributed by atoms with E-state index in [1.807, 2.05) is 32.0 Å². The number of nitrogens with zero attached hydrogens (tertiary/aromatic N) is 2. The molecule has 0 saturated carbocycles. The summed E-state index contributed by atoms with van der Waals surface area (Å²) in [5.74, 6) is 0.923. The van der Waals surface area contributed by atoms with E-state index in [1.54, 1.807) is 11.8 Å². The summed E-state index contributed by atoms with van der Waals surface area (Å²) in [7, 11) is 0. The molecule has 3 heterocycles. The minimum Gasteiger partial charge on any atom is -0.359 e. The van der Waals surface area contributed by atoms with Gasteiger partial charge in [0.1, 0.15) is 11.3 Å². The molecule has 1 fully saturated rings. The first-order chi connectivity index (χ1) is 14.3. The van der Waals surface area contributed by atoms with Gasteiger partial charge >= 0.3 is 6.03 Å². The first kappa shape index (κ1) is 19.9. The summed E-state index contributed by atoms with van der Waals surface area (Å²) >= 11 is 0.